The number of rotatable bonds is 5. The fraction of sp³-hybridized carbons (Fsp3) is 0.462. The Morgan fingerprint density at radius 1 is 1.40 bits per heavy atom. The van der Waals surface area contributed by atoms with Crippen molar-refractivity contribution in [2.24, 2.45) is 5.92 Å². The van der Waals surface area contributed by atoms with Crippen molar-refractivity contribution in [1.82, 2.24) is 0 Å². The average molecular weight is 206 g/mol. The predicted octanol–water partition coefficient (Wildman–Crippen LogP) is 2.85. The molecule has 0 saturated carbocycles. The van der Waals surface area contributed by atoms with Gasteiger partial charge in [0.1, 0.15) is 6.61 Å². The summed E-state index contributed by atoms with van der Waals surface area (Å²) in [6.45, 7) is 6.93. The molecule has 0 fully saturated rings. The summed E-state index contributed by atoms with van der Waals surface area (Å²) < 4.78 is 5.30. The molecule has 0 aromatic heterocycles. The zero-order valence-electron chi connectivity index (χ0n) is 9.62. The van der Waals surface area contributed by atoms with Gasteiger partial charge in [-0.15, -0.1) is 0 Å². The molecular weight excluding hydrogens is 188 g/mol. The second-order valence-electron chi connectivity index (χ2n) is 4.20. The first kappa shape index (κ1) is 11.9. The molecule has 0 atom stereocenters. The Bertz CT molecular complexity index is 329. The quantitative estimate of drug-likeness (QED) is 0.692. The number of hydrogen-bond acceptors (Lipinski definition) is 2. The summed E-state index contributed by atoms with van der Waals surface area (Å²) in [7, 11) is 0. The number of aryl methyl sites for hydroxylation is 1. The summed E-state index contributed by atoms with van der Waals surface area (Å²) >= 11 is 0. The zero-order chi connectivity index (χ0) is 11.3. The van der Waals surface area contributed by atoms with E-state index in [9.17, 15) is 4.79 Å². The second kappa shape index (κ2) is 5.66. The van der Waals surface area contributed by atoms with E-state index >= 15 is 0 Å². The van der Waals surface area contributed by atoms with Crippen molar-refractivity contribution in [3.8, 4) is 0 Å². The molecule has 0 aliphatic rings. The fourth-order valence-electron chi connectivity index (χ4n) is 1.29. The van der Waals surface area contributed by atoms with E-state index in [1.54, 1.807) is 0 Å². The van der Waals surface area contributed by atoms with Crippen LogP contribution in [0.5, 0.6) is 0 Å². The van der Waals surface area contributed by atoms with Gasteiger partial charge in [0.15, 0.2) is 5.78 Å². The van der Waals surface area contributed by atoms with Gasteiger partial charge in [0.05, 0.1) is 0 Å². The van der Waals surface area contributed by atoms with Crippen LogP contribution in [0.4, 0.5) is 0 Å². The van der Waals surface area contributed by atoms with Gasteiger partial charge in [-0.05, 0) is 18.9 Å². The summed E-state index contributed by atoms with van der Waals surface area (Å²) in [5.74, 6) is 0.523. The molecule has 0 aliphatic heterocycles. The van der Waals surface area contributed by atoms with Gasteiger partial charge < -0.3 is 4.74 Å². The number of ketones is 1. The van der Waals surface area contributed by atoms with Gasteiger partial charge >= 0.3 is 0 Å². The van der Waals surface area contributed by atoms with E-state index in [4.69, 9.17) is 4.74 Å². The number of carbonyl (C=O) groups is 1. The third kappa shape index (κ3) is 4.26. The van der Waals surface area contributed by atoms with Gasteiger partial charge in [0, 0.05) is 12.2 Å². The molecule has 82 valence electrons. The van der Waals surface area contributed by atoms with Crippen LogP contribution in [-0.2, 0) is 4.74 Å². The van der Waals surface area contributed by atoms with E-state index < -0.39 is 0 Å². The Labute approximate surface area is 91.3 Å². The van der Waals surface area contributed by atoms with Gasteiger partial charge in [0.25, 0.3) is 0 Å². The third-order valence-electron chi connectivity index (χ3n) is 2.02. The van der Waals surface area contributed by atoms with E-state index in [2.05, 4.69) is 13.8 Å². The number of carbonyl (C=O) groups excluding carboxylic acids is 1. The molecule has 1 rings (SSSR count). The largest absolute Gasteiger partial charge is 0.373 e. The number of hydrogen-bond donors (Lipinski definition) is 0. The Kier molecular flexibility index (Phi) is 4.50. The summed E-state index contributed by atoms with van der Waals surface area (Å²) in [5.41, 5.74) is 1.84. The maximum atomic E-state index is 11.7. The van der Waals surface area contributed by atoms with E-state index in [0.29, 0.717) is 12.5 Å². The van der Waals surface area contributed by atoms with Gasteiger partial charge in [0.2, 0.25) is 0 Å². The Hall–Kier alpha value is -1.15. The van der Waals surface area contributed by atoms with E-state index in [1.807, 2.05) is 31.2 Å². The number of ether oxygens (including phenoxy) is 1. The SMILES string of the molecule is Cc1cccc(C(=O)COCC(C)C)c1. The zero-order valence-corrected chi connectivity index (χ0v) is 9.62. The monoisotopic (exact) mass is 206 g/mol. The summed E-state index contributed by atoms with van der Waals surface area (Å²) in [6, 6.07) is 7.59. The van der Waals surface area contributed by atoms with Crippen molar-refractivity contribution in [3.05, 3.63) is 35.4 Å². The van der Waals surface area contributed by atoms with Crippen LogP contribution in [0.25, 0.3) is 0 Å². The fourth-order valence-corrected chi connectivity index (χ4v) is 1.29. The smallest absolute Gasteiger partial charge is 0.188 e. The van der Waals surface area contributed by atoms with Crippen molar-refractivity contribution < 1.29 is 9.53 Å². The average Bonchev–Trinajstić information content (AvgIpc) is 2.17. The molecule has 0 unspecified atom stereocenters. The molecule has 2 nitrogen and oxygen atoms in total. The van der Waals surface area contributed by atoms with Gasteiger partial charge in [-0.2, -0.15) is 0 Å². The summed E-state index contributed by atoms with van der Waals surface area (Å²) in [4.78, 5) is 11.7. The van der Waals surface area contributed by atoms with Crippen LogP contribution in [0.1, 0.15) is 29.8 Å². The first-order valence-electron chi connectivity index (χ1n) is 5.27. The highest BCUT2D eigenvalue weighted by Gasteiger charge is 2.06. The molecular formula is C13H18O2. The molecule has 15 heavy (non-hydrogen) atoms. The highest BCUT2D eigenvalue weighted by molar-refractivity contribution is 5.97. The number of Topliss-reactive ketones (excluding diaryl/α,β-unsaturated/α-hetero) is 1. The topological polar surface area (TPSA) is 26.3 Å². The molecule has 0 heterocycles. The highest BCUT2D eigenvalue weighted by Crippen LogP contribution is 2.05. The van der Waals surface area contributed by atoms with Crippen LogP contribution in [-0.4, -0.2) is 19.0 Å². The first-order valence-corrected chi connectivity index (χ1v) is 5.27. The minimum Gasteiger partial charge on any atom is -0.373 e. The molecule has 0 N–H and O–H groups in total. The van der Waals surface area contributed by atoms with Crippen molar-refractivity contribution in [2.45, 2.75) is 20.8 Å². The van der Waals surface area contributed by atoms with Crippen LogP contribution < -0.4 is 0 Å². The minimum absolute atomic E-state index is 0.0550. The lowest BCUT2D eigenvalue weighted by molar-refractivity contribution is 0.0705. The summed E-state index contributed by atoms with van der Waals surface area (Å²) in [5, 5.41) is 0. The third-order valence-corrected chi connectivity index (χ3v) is 2.02. The van der Waals surface area contributed by atoms with Crippen molar-refractivity contribution >= 4 is 5.78 Å². The molecule has 2 heteroatoms. The second-order valence-corrected chi connectivity index (χ2v) is 4.20. The maximum Gasteiger partial charge on any atom is 0.188 e. The van der Waals surface area contributed by atoms with Gasteiger partial charge in [-0.3, -0.25) is 4.79 Å². The molecule has 0 spiro atoms. The number of benzene rings is 1. The lowest BCUT2D eigenvalue weighted by Gasteiger charge is -2.06. The van der Waals surface area contributed by atoms with Crippen LogP contribution in [0.2, 0.25) is 0 Å². The molecule has 1 aromatic rings. The molecule has 0 bridgehead atoms. The Morgan fingerprint density at radius 3 is 2.73 bits per heavy atom. The molecule has 0 radical (unpaired) electrons. The molecule has 0 amide bonds. The standard InChI is InChI=1S/C13H18O2/c1-10(2)8-15-9-13(14)12-6-4-5-11(3)7-12/h4-7,10H,8-9H2,1-3H3. The van der Waals surface area contributed by atoms with E-state index in [-0.39, 0.29) is 12.4 Å². The van der Waals surface area contributed by atoms with Crippen molar-refractivity contribution in [2.75, 3.05) is 13.2 Å². The van der Waals surface area contributed by atoms with Crippen LogP contribution in [0.3, 0.4) is 0 Å². The van der Waals surface area contributed by atoms with Crippen LogP contribution in [0.15, 0.2) is 24.3 Å². The highest BCUT2D eigenvalue weighted by atomic mass is 16.5. The van der Waals surface area contributed by atoms with E-state index in [1.165, 1.54) is 0 Å². The first-order chi connectivity index (χ1) is 7.09. The molecule has 0 saturated heterocycles. The van der Waals surface area contributed by atoms with Gasteiger partial charge in [-0.1, -0.05) is 37.6 Å². The molecule has 0 aliphatic carbocycles. The van der Waals surface area contributed by atoms with Crippen LogP contribution in [0, 0.1) is 12.8 Å². The lowest BCUT2D eigenvalue weighted by atomic mass is 10.1. The van der Waals surface area contributed by atoms with E-state index in [0.717, 1.165) is 11.1 Å². The predicted molar refractivity (Wildman–Crippen MR) is 61.2 cm³/mol. The maximum absolute atomic E-state index is 11.7. The summed E-state index contributed by atoms with van der Waals surface area (Å²) in [6.07, 6.45) is 0. The van der Waals surface area contributed by atoms with Crippen molar-refractivity contribution in [3.63, 3.8) is 0 Å². The van der Waals surface area contributed by atoms with Crippen LogP contribution >= 0.6 is 0 Å². The molecule has 1 aromatic carbocycles. The Morgan fingerprint density at radius 2 is 2.13 bits per heavy atom. The lowest BCUT2D eigenvalue weighted by Crippen LogP contribution is -2.12. The minimum atomic E-state index is 0.0550. The van der Waals surface area contributed by atoms with Crippen molar-refractivity contribution in [1.29, 1.82) is 0 Å². The normalized spacial score (nSPS) is 10.7. The Balaban J connectivity index is 2.47. The van der Waals surface area contributed by atoms with Gasteiger partial charge in [-0.25, -0.2) is 0 Å².